The van der Waals surface area contributed by atoms with E-state index >= 15 is 0 Å². The molecule has 2 amide bonds. The first kappa shape index (κ1) is 15.1. The molecule has 0 aromatic heterocycles. The molecule has 1 aromatic rings. The third-order valence-electron chi connectivity index (χ3n) is 2.49. The average molecular weight is 259 g/mol. The van der Waals surface area contributed by atoms with E-state index in [1.807, 2.05) is 45.0 Å². The first-order chi connectivity index (χ1) is 9.02. The van der Waals surface area contributed by atoms with E-state index in [-0.39, 0.29) is 18.1 Å². The minimum atomic E-state index is -0.166. The van der Waals surface area contributed by atoms with Gasteiger partial charge in [0.05, 0.1) is 12.6 Å². The van der Waals surface area contributed by atoms with E-state index in [1.54, 1.807) is 0 Å². The van der Waals surface area contributed by atoms with E-state index in [2.05, 4.69) is 22.5 Å². The molecule has 102 valence electrons. The molecular formula is C15H21N3O. The first-order valence-electron chi connectivity index (χ1n) is 6.39. The van der Waals surface area contributed by atoms with Gasteiger partial charge in [0.25, 0.3) is 0 Å². The van der Waals surface area contributed by atoms with Crippen molar-refractivity contribution < 1.29 is 4.79 Å². The largest absolute Gasteiger partial charge is 0.336 e. The van der Waals surface area contributed by atoms with Crippen molar-refractivity contribution in [1.82, 2.24) is 10.6 Å². The van der Waals surface area contributed by atoms with Crippen molar-refractivity contribution in [2.24, 2.45) is 5.73 Å². The molecule has 0 fully saturated rings. The molecule has 0 bridgehead atoms. The van der Waals surface area contributed by atoms with Crippen LogP contribution in [0.3, 0.4) is 0 Å². The normalized spacial score (nSPS) is 11.4. The third-order valence-corrected chi connectivity index (χ3v) is 2.49. The fourth-order valence-electron chi connectivity index (χ4n) is 1.62. The first-order valence-corrected chi connectivity index (χ1v) is 6.39. The Kier molecular flexibility index (Phi) is 5.91. The summed E-state index contributed by atoms with van der Waals surface area (Å²) in [5, 5.41) is 5.69. The molecule has 1 unspecified atom stereocenters. The molecular weight excluding hydrogens is 238 g/mol. The van der Waals surface area contributed by atoms with Gasteiger partial charge in [-0.25, -0.2) is 4.79 Å². The minimum Gasteiger partial charge on any atom is -0.336 e. The fraction of sp³-hybridized carbons (Fsp3) is 0.400. The topological polar surface area (TPSA) is 67.2 Å². The van der Waals surface area contributed by atoms with Crippen LogP contribution < -0.4 is 16.4 Å². The Morgan fingerprint density at radius 3 is 2.68 bits per heavy atom. The van der Waals surface area contributed by atoms with Gasteiger partial charge in [-0.05, 0) is 38.5 Å². The van der Waals surface area contributed by atoms with Gasteiger partial charge >= 0.3 is 6.03 Å². The van der Waals surface area contributed by atoms with Crippen LogP contribution in [0.5, 0.6) is 0 Å². The second-order valence-corrected chi connectivity index (χ2v) is 4.63. The van der Waals surface area contributed by atoms with Gasteiger partial charge in [-0.2, -0.15) is 0 Å². The lowest BCUT2D eigenvalue weighted by Gasteiger charge is -2.16. The predicted molar refractivity (Wildman–Crippen MR) is 77.6 cm³/mol. The Bertz CT molecular complexity index is 486. The minimum absolute atomic E-state index is 0.0709. The number of nitrogens with one attached hydrogen (secondary N) is 2. The van der Waals surface area contributed by atoms with Gasteiger partial charge < -0.3 is 16.4 Å². The number of nitrogens with two attached hydrogens (primary N) is 1. The lowest BCUT2D eigenvalue weighted by atomic mass is 10.1. The lowest BCUT2D eigenvalue weighted by molar-refractivity contribution is 0.235. The molecule has 19 heavy (non-hydrogen) atoms. The van der Waals surface area contributed by atoms with Gasteiger partial charge in [-0.3, -0.25) is 0 Å². The number of carbonyl (C=O) groups excluding carboxylic acids is 1. The number of hydrogen-bond donors (Lipinski definition) is 3. The van der Waals surface area contributed by atoms with Crippen molar-refractivity contribution in [3.63, 3.8) is 0 Å². The summed E-state index contributed by atoms with van der Waals surface area (Å²) in [5.74, 6) is 5.80. The van der Waals surface area contributed by atoms with Gasteiger partial charge in [0.2, 0.25) is 0 Å². The summed E-state index contributed by atoms with van der Waals surface area (Å²) >= 11 is 0. The second-order valence-electron chi connectivity index (χ2n) is 4.63. The zero-order valence-electron chi connectivity index (χ0n) is 11.7. The van der Waals surface area contributed by atoms with Gasteiger partial charge in [-0.1, -0.05) is 24.0 Å². The molecule has 1 aromatic carbocycles. The summed E-state index contributed by atoms with van der Waals surface area (Å²) in [7, 11) is 0. The number of rotatable bonds is 3. The van der Waals surface area contributed by atoms with Crippen LogP contribution in [0, 0.1) is 11.8 Å². The number of carbonyl (C=O) groups is 1. The molecule has 4 heteroatoms. The van der Waals surface area contributed by atoms with E-state index in [0.29, 0.717) is 6.54 Å². The van der Waals surface area contributed by atoms with Crippen molar-refractivity contribution in [3.8, 4) is 11.8 Å². The molecule has 0 aliphatic carbocycles. The molecule has 0 spiro atoms. The summed E-state index contributed by atoms with van der Waals surface area (Å²) in [5.41, 5.74) is 7.27. The smallest absolute Gasteiger partial charge is 0.315 e. The monoisotopic (exact) mass is 259 g/mol. The number of benzene rings is 1. The standard InChI is InChI=1S/C15H21N3O/c1-11(2)17-15(19)18-12(3)14-8-4-6-13(10-14)7-5-9-16/h4,6,8,10-12H,9,16H2,1-3H3,(H2,17,18,19). The lowest BCUT2D eigenvalue weighted by Crippen LogP contribution is -2.40. The van der Waals surface area contributed by atoms with Gasteiger partial charge in [0.15, 0.2) is 0 Å². The summed E-state index contributed by atoms with van der Waals surface area (Å²) < 4.78 is 0. The van der Waals surface area contributed by atoms with Crippen LogP contribution in [0.2, 0.25) is 0 Å². The highest BCUT2D eigenvalue weighted by Gasteiger charge is 2.09. The highest BCUT2D eigenvalue weighted by atomic mass is 16.2. The SMILES string of the molecule is CC(C)NC(=O)NC(C)c1cccc(C#CCN)c1. The van der Waals surface area contributed by atoms with E-state index in [9.17, 15) is 4.79 Å². The van der Waals surface area contributed by atoms with E-state index < -0.39 is 0 Å². The Balaban J connectivity index is 2.71. The van der Waals surface area contributed by atoms with Crippen LogP contribution in [0.25, 0.3) is 0 Å². The quantitative estimate of drug-likeness (QED) is 0.724. The molecule has 0 heterocycles. The van der Waals surface area contributed by atoms with Crippen molar-refractivity contribution in [3.05, 3.63) is 35.4 Å². The summed E-state index contributed by atoms with van der Waals surface area (Å²) in [6, 6.07) is 7.66. The molecule has 0 saturated heterocycles. The Hall–Kier alpha value is -1.99. The fourth-order valence-corrected chi connectivity index (χ4v) is 1.62. The molecule has 0 radical (unpaired) electrons. The summed E-state index contributed by atoms with van der Waals surface area (Å²) in [6.07, 6.45) is 0. The van der Waals surface area contributed by atoms with Gasteiger partial charge in [-0.15, -0.1) is 0 Å². The molecule has 0 saturated carbocycles. The average Bonchev–Trinajstić information content (AvgIpc) is 2.35. The number of amides is 2. The zero-order chi connectivity index (χ0) is 14.3. The maximum absolute atomic E-state index is 11.6. The maximum atomic E-state index is 11.6. The van der Waals surface area contributed by atoms with E-state index in [4.69, 9.17) is 5.73 Å². The Morgan fingerprint density at radius 2 is 2.05 bits per heavy atom. The predicted octanol–water partition coefficient (Wildman–Crippen LogP) is 1.77. The van der Waals surface area contributed by atoms with Crippen molar-refractivity contribution in [2.75, 3.05) is 6.54 Å². The Morgan fingerprint density at radius 1 is 1.32 bits per heavy atom. The molecule has 0 aliphatic heterocycles. The van der Waals surface area contributed by atoms with Crippen LogP contribution in [0.15, 0.2) is 24.3 Å². The molecule has 1 rings (SSSR count). The maximum Gasteiger partial charge on any atom is 0.315 e. The van der Waals surface area contributed by atoms with E-state index in [0.717, 1.165) is 11.1 Å². The highest BCUT2D eigenvalue weighted by molar-refractivity contribution is 5.74. The van der Waals surface area contributed by atoms with Crippen LogP contribution in [0.1, 0.15) is 37.9 Å². The zero-order valence-corrected chi connectivity index (χ0v) is 11.7. The number of hydrogen-bond acceptors (Lipinski definition) is 2. The third kappa shape index (κ3) is 5.45. The van der Waals surface area contributed by atoms with Crippen LogP contribution in [-0.2, 0) is 0 Å². The van der Waals surface area contributed by atoms with Gasteiger partial charge in [0.1, 0.15) is 0 Å². The van der Waals surface area contributed by atoms with Gasteiger partial charge in [0, 0.05) is 11.6 Å². The molecule has 4 N–H and O–H groups in total. The van der Waals surface area contributed by atoms with Crippen molar-refractivity contribution >= 4 is 6.03 Å². The van der Waals surface area contributed by atoms with Crippen LogP contribution in [0.4, 0.5) is 4.79 Å². The van der Waals surface area contributed by atoms with Crippen molar-refractivity contribution in [2.45, 2.75) is 32.9 Å². The van der Waals surface area contributed by atoms with Crippen LogP contribution in [-0.4, -0.2) is 18.6 Å². The second kappa shape index (κ2) is 7.45. The molecule has 4 nitrogen and oxygen atoms in total. The Labute approximate surface area is 114 Å². The number of urea groups is 1. The summed E-state index contributed by atoms with van der Waals surface area (Å²) in [6.45, 7) is 6.13. The van der Waals surface area contributed by atoms with Crippen LogP contribution >= 0.6 is 0 Å². The van der Waals surface area contributed by atoms with Crippen molar-refractivity contribution in [1.29, 1.82) is 0 Å². The molecule has 0 aliphatic rings. The highest BCUT2D eigenvalue weighted by Crippen LogP contribution is 2.13. The summed E-state index contributed by atoms with van der Waals surface area (Å²) in [4.78, 5) is 11.6. The van der Waals surface area contributed by atoms with E-state index in [1.165, 1.54) is 0 Å². The molecule has 1 atom stereocenters.